The second kappa shape index (κ2) is 5.83. The first-order chi connectivity index (χ1) is 8.20. The third kappa shape index (κ3) is 4.77. The van der Waals surface area contributed by atoms with Crippen molar-refractivity contribution < 1.29 is 33.4 Å². The van der Waals surface area contributed by atoms with E-state index in [0.29, 0.717) is 0 Å². The minimum absolute atomic E-state index is 0.980. The summed E-state index contributed by atoms with van der Waals surface area (Å²) in [4.78, 5) is 5.49. The average molecular weight is 294 g/mol. The van der Waals surface area contributed by atoms with E-state index in [-0.39, 0.29) is 0 Å². The van der Waals surface area contributed by atoms with Gasteiger partial charge in [0.2, 0.25) is 0 Å². The molecule has 0 saturated carbocycles. The standard InChI is InChI=1S/C9H12N3S.ClHO4/c1-4-8-5-6(2)12-9(10-8)13-7(3)11-12;2-1(3,4)5/h5H,4H2,1-3H3;(H,2,3,4,5)/q+1;/p-1. The van der Waals surface area contributed by atoms with Crippen LogP contribution in [0.4, 0.5) is 0 Å². The molecular formula is C9H12ClN3O4S. The van der Waals surface area contributed by atoms with Gasteiger partial charge in [-0.1, -0.05) is 16.5 Å². The van der Waals surface area contributed by atoms with Crippen LogP contribution in [0.15, 0.2) is 6.07 Å². The Morgan fingerprint density at radius 1 is 1.28 bits per heavy atom. The third-order valence-electron chi connectivity index (χ3n) is 1.97. The fourth-order valence-corrected chi connectivity index (χ4v) is 2.14. The molecule has 2 rings (SSSR count). The SMILES string of the molecule is CCc1cc(C)[n+]2nc(C)sc2n1.[O-][Cl+3]([O-])([O-])[O-]. The lowest BCUT2D eigenvalue weighted by atomic mass is 10.3. The summed E-state index contributed by atoms with van der Waals surface area (Å²) >= 11 is 1.64. The predicted molar refractivity (Wildman–Crippen MR) is 51.9 cm³/mol. The zero-order chi connectivity index (χ0) is 13.9. The molecule has 0 aliphatic rings. The van der Waals surface area contributed by atoms with E-state index in [0.717, 1.165) is 27.8 Å². The Balaban J connectivity index is 0.000000280. The first kappa shape index (κ1) is 15.2. The van der Waals surface area contributed by atoms with Gasteiger partial charge in [-0.15, -0.1) is 10.2 Å². The maximum Gasteiger partial charge on any atom is 0.410 e. The van der Waals surface area contributed by atoms with Gasteiger partial charge in [-0.3, -0.25) is 0 Å². The molecule has 0 saturated heterocycles. The summed E-state index contributed by atoms with van der Waals surface area (Å²) in [5, 5.41) is 5.42. The van der Waals surface area contributed by atoms with Gasteiger partial charge in [-0.25, -0.2) is 18.6 Å². The van der Waals surface area contributed by atoms with Crippen LogP contribution in [0.2, 0.25) is 0 Å². The number of aryl methyl sites for hydroxylation is 3. The molecular weight excluding hydrogens is 282 g/mol. The largest absolute Gasteiger partial charge is 0.410 e. The summed E-state index contributed by atoms with van der Waals surface area (Å²) < 4.78 is 35.9. The molecule has 100 valence electrons. The maximum absolute atomic E-state index is 8.49. The zero-order valence-electron chi connectivity index (χ0n) is 10.0. The fourth-order valence-electron chi connectivity index (χ4n) is 1.32. The van der Waals surface area contributed by atoms with E-state index in [1.807, 2.05) is 11.4 Å². The smallest absolute Gasteiger partial charge is 0.222 e. The fraction of sp³-hybridized carbons (Fsp3) is 0.444. The van der Waals surface area contributed by atoms with Crippen LogP contribution >= 0.6 is 11.3 Å². The topological polar surface area (TPSA) is 122 Å². The summed E-state index contributed by atoms with van der Waals surface area (Å²) in [6.07, 6.45) is 0.980. The molecule has 0 aliphatic carbocycles. The zero-order valence-corrected chi connectivity index (χ0v) is 11.6. The summed E-state index contributed by atoms with van der Waals surface area (Å²) in [5.41, 5.74) is 2.30. The molecule has 0 aliphatic heterocycles. The van der Waals surface area contributed by atoms with Crippen LogP contribution in [0.1, 0.15) is 23.3 Å². The molecule has 0 N–H and O–H groups in total. The van der Waals surface area contributed by atoms with Gasteiger partial charge in [0.05, 0.1) is 0 Å². The molecule has 0 spiro atoms. The molecule has 0 fully saturated rings. The van der Waals surface area contributed by atoms with Crippen LogP contribution in [0, 0.1) is 24.1 Å². The molecule has 2 heterocycles. The van der Waals surface area contributed by atoms with Gasteiger partial charge < -0.3 is 0 Å². The minimum Gasteiger partial charge on any atom is -0.222 e. The van der Waals surface area contributed by atoms with Crippen molar-refractivity contribution in [2.45, 2.75) is 27.2 Å². The molecule has 0 atom stereocenters. The highest BCUT2D eigenvalue weighted by atomic mass is 35.7. The molecule has 18 heavy (non-hydrogen) atoms. The summed E-state index contributed by atoms with van der Waals surface area (Å²) in [6.45, 7) is 6.18. The Morgan fingerprint density at radius 2 is 1.83 bits per heavy atom. The van der Waals surface area contributed by atoms with Crippen molar-refractivity contribution in [2.75, 3.05) is 0 Å². The van der Waals surface area contributed by atoms with Crippen LogP contribution in [-0.2, 0) is 6.42 Å². The van der Waals surface area contributed by atoms with Crippen LogP contribution in [0.25, 0.3) is 4.96 Å². The van der Waals surface area contributed by atoms with E-state index >= 15 is 0 Å². The van der Waals surface area contributed by atoms with Gasteiger partial charge in [-0.05, 0) is 23.2 Å². The van der Waals surface area contributed by atoms with E-state index in [4.69, 9.17) is 18.6 Å². The first-order valence-corrected chi connectivity index (χ1v) is 7.03. The molecule has 2 aromatic rings. The van der Waals surface area contributed by atoms with Crippen molar-refractivity contribution >= 4 is 16.3 Å². The molecule has 2 aromatic heterocycles. The molecule has 9 heteroatoms. The van der Waals surface area contributed by atoms with Crippen molar-refractivity contribution in [3.63, 3.8) is 0 Å². The number of hydrogen-bond donors (Lipinski definition) is 0. The lowest BCUT2D eigenvalue weighted by Crippen LogP contribution is -2.68. The van der Waals surface area contributed by atoms with Crippen molar-refractivity contribution in [2.24, 2.45) is 0 Å². The number of hydrogen-bond acceptors (Lipinski definition) is 7. The Labute approximate surface area is 110 Å². The van der Waals surface area contributed by atoms with E-state index in [1.165, 1.54) is 0 Å². The van der Waals surface area contributed by atoms with Crippen molar-refractivity contribution in [3.8, 4) is 0 Å². The lowest BCUT2D eigenvalue weighted by Gasteiger charge is -2.17. The summed E-state index contributed by atoms with van der Waals surface area (Å²) in [7, 11) is -4.94. The molecule has 0 bridgehead atoms. The van der Waals surface area contributed by atoms with Crippen molar-refractivity contribution in [1.82, 2.24) is 10.1 Å². The third-order valence-corrected chi connectivity index (χ3v) is 2.80. The second-order valence-corrected chi connectivity index (χ2v) is 5.35. The average Bonchev–Trinajstić information content (AvgIpc) is 2.56. The van der Waals surface area contributed by atoms with Crippen LogP contribution in [0.5, 0.6) is 0 Å². The van der Waals surface area contributed by atoms with Gasteiger partial charge in [0.1, 0.15) is 10.7 Å². The number of aromatic nitrogens is 3. The Morgan fingerprint density at radius 3 is 2.33 bits per heavy atom. The van der Waals surface area contributed by atoms with Crippen LogP contribution in [0.3, 0.4) is 0 Å². The van der Waals surface area contributed by atoms with E-state index in [2.05, 4.69) is 30.0 Å². The predicted octanol–water partition coefficient (Wildman–Crippen LogP) is -3.30. The Hall–Kier alpha value is -0.900. The number of rotatable bonds is 1. The Bertz CT molecular complexity index is 534. The van der Waals surface area contributed by atoms with Crippen LogP contribution in [-0.4, -0.2) is 10.1 Å². The van der Waals surface area contributed by atoms with Crippen molar-refractivity contribution in [1.29, 1.82) is 0 Å². The molecule has 0 amide bonds. The highest BCUT2D eigenvalue weighted by molar-refractivity contribution is 7.16. The normalized spacial score (nSPS) is 11.3. The maximum atomic E-state index is 8.49. The van der Waals surface area contributed by atoms with Gasteiger partial charge in [0.25, 0.3) is 0 Å². The number of halogens is 1. The monoisotopic (exact) mass is 293 g/mol. The highest BCUT2D eigenvalue weighted by Gasteiger charge is 2.14. The van der Waals surface area contributed by atoms with Crippen molar-refractivity contribution in [3.05, 3.63) is 22.5 Å². The molecule has 0 radical (unpaired) electrons. The molecule has 0 aromatic carbocycles. The molecule has 0 unspecified atom stereocenters. The van der Waals surface area contributed by atoms with Gasteiger partial charge >= 0.3 is 4.96 Å². The summed E-state index contributed by atoms with van der Waals surface area (Å²) in [6, 6.07) is 2.09. The van der Waals surface area contributed by atoms with Gasteiger partial charge in [0.15, 0.2) is 5.69 Å². The lowest BCUT2D eigenvalue weighted by molar-refractivity contribution is -2.00. The van der Waals surface area contributed by atoms with E-state index in [9.17, 15) is 0 Å². The number of fused-ring (bicyclic) bond motifs is 1. The number of nitrogens with zero attached hydrogens (tertiary/aromatic N) is 3. The van der Waals surface area contributed by atoms with Gasteiger partial charge in [0, 0.05) is 19.4 Å². The second-order valence-electron chi connectivity index (χ2n) is 3.44. The van der Waals surface area contributed by atoms with E-state index in [1.54, 1.807) is 11.3 Å². The van der Waals surface area contributed by atoms with Crippen LogP contribution < -0.4 is 23.2 Å². The highest BCUT2D eigenvalue weighted by Crippen LogP contribution is 2.08. The van der Waals surface area contributed by atoms with E-state index < -0.39 is 10.2 Å². The quantitative estimate of drug-likeness (QED) is 0.508. The van der Waals surface area contributed by atoms with Gasteiger partial charge in [-0.2, -0.15) is 0 Å². The molecule has 7 nitrogen and oxygen atoms in total. The minimum atomic E-state index is -4.94. The summed E-state index contributed by atoms with van der Waals surface area (Å²) in [5.74, 6) is 0. The first-order valence-electron chi connectivity index (χ1n) is 4.98. The Kier molecular flexibility index (Phi) is 4.91.